The quantitative estimate of drug-likeness (QED) is 0.0179. The van der Waals surface area contributed by atoms with Gasteiger partial charge in [-0.05, 0) is 106 Å². The molecule has 0 saturated carbocycles. The van der Waals surface area contributed by atoms with E-state index in [0.29, 0.717) is 104 Å². The molecule has 4 amide bonds. The lowest BCUT2D eigenvalue weighted by Gasteiger charge is -2.32. The molecular weight excluding hydrogens is 1390 g/mol. The number of benzene rings is 1. The van der Waals surface area contributed by atoms with Crippen molar-refractivity contribution in [2.24, 2.45) is 5.92 Å². The van der Waals surface area contributed by atoms with Crippen molar-refractivity contribution >= 4 is 29.3 Å². The molecule has 0 radical (unpaired) electrons. The van der Waals surface area contributed by atoms with Crippen LogP contribution in [-0.2, 0) is 51.5 Å². The van der Waals surface area contributed by atoms with Gasteiger partial charge >= 0.3 is 0 Å². The molecule has 0 aliphatic carbocycles. The average Bonchev–Trinajstić information content (AvgIpc) is 0.840. The van der Waals surface area contributed by atoms with Crippen LogP contribution in [0, 0.1) is 5.92 Å². The molecule has 0 spiro atoms. The summed E-state index contributed by atoms with van der Waals surface area (Å²) in [5.41, 5.74) is 6.36. The molecule has 0 atom stereocenters. The maximum absolute atomic E-state index is 14.5. The molecule has 0 fully saturated rings. The van der Waals surface area contributed by atoms with Crippen molar-refractivity contribution in [3.8, 4) is 23.0 Å². The van der Waals surface area contributed by atoms with Crippen molar-refractivity contribution in [1.82, 2.24) is 49.3 Å². The summed E-state index contributed by atoms with van der Waals surface area (Å²) in [4.78, 5) is 118. The molecule has 0 saturated heterocycles. The van der Waals surface area contributed by atoms with Crippen LogP contribution in [-0.4, -0.2) is 196 Å². The van der Waals surface area contributed by atoms with Crippen molar-refractivity contribution < 1.29 is 57.1 Å². The Balaban J connectivity index is 1.55. The van der Waals surface area contributed by atoms with E-state index >= 15 is 0 Å². The van der Waals surface area contributed by atoms with Gasteiger partial charge in [-0.1, -0.05) is 119 Å². The third-order valence-corrected chi connectivity index (χ3v) is 18.3. The maximum Gasteiger partial charge on any atom is 0.293 e. The zero-order valence-electron chi connectivity index (χ0n) is 66.7. The number of amides is 4. The number of ether oxygens (including phenoxy) is 8. The summed E-state index contributed by atoms with van der Waals surface area (Å²) < 4.78 is 53.5. The molecule has 0 unspecified atom stereocenters. The number of nitrogens with two attached hydrogens (primary N) is 1. The van der Waals surface area contributed by atoms with Crippen molar-refractivity contribution in [3.63, 3.8) is 0 Å². The van der Waals surface area contributed by atoms with Gasteiger partial charge in [-0.25, -0.2) is 0 Å². The number of nitrogen functional groups attached to an aromatic ring is 1. The topological polar surface area (TPSA) is 311 Å². The summed E-state index contributed by atoms with van der Waals surface area (Å²) >= 11 is 0. The Morgan fingerprint density at radius 3 is 0.826 bits per heavy atom. The summed E-state index contributed by atoms with van der Waals surface area (Å²) in [6.45, 7) is 23.9. The third kappa shape index (κ3) is 33.0. The largest absolute Gasteiger partial charge is 0.487 e. The monoisotopic (exact) mass is 1520 g/mol. The molecular formula is C82H129N11O16. The first-order chi connectivity index (χ1) is 53.1. The Bertz CT molecular complexity index is 3270. The Kier molecular flexibility index (Phi) is 45.5. The number of aromatic nitrogens is 4. The number of nitrogens with zero attached hydrogens (tertiary/aromatic N) is 6. The highest BCUT2D eigenvalue weighted by Crippen LogP contribution is 2.21. The molecule has 0 aliphatic rings. The number of carbonyl (C=O) groups excluding carboxylic acids is 4. The summed E-state index contributed by atoms with van der Waals surface area (Å²) in [7, 11) is 0. The number of hydrogen-bond donors (Lipinski definition) is 5. The van der Waals surface area contributed by atoms with E-state index in [4.69, 9.17) is 43.6 Å². The normalized spacial score (nSPS) is 11.4. The van der Waals surface area contributed by atoms with E-state index in [1.54, 1.807) is 49.1 Å². The molecule has 1 aromatic carbocycles. The van der Waals surface area contributed by atoms with Gasteiger partial charge in [0.25, 0.3) is 45.9 Å². The summed E-state index contributed by atoms with van der Waals surface area (Å²) in [6, 6.07) is 13.9. The molecule has 6 N–H and O–H groups in total. The van der Waals surface area contributed by atoms with Gasteiger partial charge in [-0.2, -0.15) is 0 Å². The minimum absolute atomic E-state index is 0.0534. The van der Waals surface area contributed by atoms with Gasteiger partial charge in [0.1, 0.15) is 0 Å². The third-order valence-electron chi connectivity index (χ3n) is 18.3. The Morgan fingerprint density at radius 2 is 0.587 bits per heavy atom. The summed E-state index contributed by atoms with van der Waals surface area (Å²) in [5.74, 6) is -2.54. The molecule has 4 heterocycles. The first-order valence-electron chi connectivity index (χ1n) is 40.3. The number of unbranched alkanes of at least 4 members (excludes halogenated alkanes) is 8. The minimum Gasteiger partial charge on any atom is -0.487 e. The lowest BCUT2D eigenvalue weighted by atomic mass is 9.97. The van der Waals surface area contributed by atoms with Gasteiger partial charge in [0.15, 0.2) is 23.0 Å². The molecule has 0 bridgehead atoms. The fourth-order valence-corrected chi connectivity index (χ4v) is 11.7. The number of nitrogens with one attached hydrogen (secondary N) is 4. The Labute approximate surface area is 645 Å². The average molecular weight is 1520 g/mol. The van der Waals surface area contributed by atoms with E-state index < -0.39 is 45.9 Å². The van der Waals surface area contributed by atoms with Gasteiger partial charge in [0.2, 0.25) is 0 Å². The summed E-state index contributed by atoms with van der Waals surface area (Å²) in [6.07, 6.45) is 20.1. The van der Waals surface area contributed by atoms with Gasteiger partial charge in [-0.3, -0.25) is 48.2 Å². The van der Waals surface area contributed by atoms with Crippen LogP contribution >= 0.6 is 0 Å². The Morgan fingerprint density at radius 1 is 0.349 bits per heavy atom. The van der Waals surface area contributed by atoms with Gasteiger partial charge < -0.3 is 83.2 Å². The zero-order valence-corrected chi connectivity index (χ0v) is 66.7. The number of hydrogen-bond acceptors (Lipinski definition) is 19. The second kappa shape index (κ2) is 54.3. The van der Waals surface area contributed by atoms with Crippen LogP contribution in [0.15, 0.2) is 92.5 Å². The standard InChI is InChI=1S/C82H129N11O16/c1-9-17-49-102-57-45-90-37-29-67(71(79(90)98)106-53-21-13-5)75(94)84-33-41-88(42-34-85-76(95)68-30-38-91(46-58-103-50-18-10-2)80(99)72(68)107-54-22-14-6)62-65(61-64-25-27-66(83)28-26-64)63-89(43-35-86-77(96)69-31-39-92(47-59-104-51-19-11-3)81(100)73(69)108-55-23-15-7)44-36-87-78(97)70-32-40-93(48-60-105-52-20-12-4)82(101)74(70)109-56-24-16-8/h25-32,37-40,65H,9-24,33-36,41-63,83H2,1-8H3,(H,84,94)(H,85,95)(H,86,96)(H,87,97). The van der Waals surface area contributed by atoms with Crippen molar-refractivity contribution in [3.05, 3.63) is 143 Å². The Hall–Kier alpha value is -8.34. The van der Waals surface area contributed by atoms with E-state index in [2.05, 4.69) is 58.8 Å². The van der Waals surface area contributed by atoms with Gasteiger partial charge in [-0.15, -0.1) is 0 Å². The van der Waals surface area contributed by atoms with E-state index in [1.807, 2.05) is 52.0 Å². The minimum atomic E-state index is -0.517. The smallest absolute Gasteiger partial charge is 0.293 e. The van der Waals surface area contributed by atoms with E-state index in [0.717, 1.165) is 82.6 Å². The molecule has 4 aromatic heterocycles. The van der Waals surface area contributed by atoms with Crippen LogP contribution in [0.4, 0.5) is 5.69 Å². The van der Waals surface area contributed by atoms with Crippen LogP contribution in [0.25, 0.3) is 0 Å². The fraction of sp³-hybridized carbons (Fsp3) is 0.634. The highest BCUT2D eigenvalue weighted by Gasteiger charge is 2.26. The van der Waals surface area contributed by atoms with Crippen molar-refractivity contribution in [1.29, 1.82) is 0 Å². The van der Waals surface area contributed by atoms with Crippen LogP contribution < -0.4 is 68.2 Å². The van der Waals surface area contributed by atoms with Gasteiger partial charge in [0, 0.05) is 149 Å². The molecule has 608 valence electrons. The number of anilines is 1. The van der Waals surface area contributed by atoms with Crippen LogP contribution in [0.1, 0.15) is 205 Å². The second-order valence-corrected chi connectivity index (χ2v) is 27.3. The summed E-state index contributed by atoms with van der Waals surface area (Å²) in [5, 5.41) is 12.2. The maximum atomic E-state index is 14.5. The van der Waals surface area contributed by atoms with E-state index in [9.17, 15) is 38.4 Å². The highest BCUT2D eigenvalue weighted by molar-refractivity contribution is 5.98. The fourth-order valence-electron chi connectivity index (χ4n) is 11.7. The first-order valence-corrected chi connectivity index (χ1v) is 40.3. The number of pyridine rings is 4. The van der Waals surface area contributed by atoms with E-state index in [1.165, 1.54) is 18.3 Å². The van der Waals surface area contributed by atoms with Crippen LogP contribution in [0.3, 0.4) is 0 Å². The zero-order chi connectivity index (χ0) is 78.8. The molecule has 109 heavy (non-hydrogen) atoms. The van der Waals surface area contributed by atoms with Crippen LogP contribution in [0.5, 0.6) is 23.0 Å². The van der Waals surface area contributed by atoms with Crippen molar-refractivity contribution in [2.45, 2.75) is 191 Å². The molecule has 5 aromatic rings. The molecule has 5 rings (SSSR count). The lowest BCUT2D eigenvalue weighted by molar-refractivity contribution is 0.0929. The number of carbonyl (C=O) groups is 4. The van der Waals surface area contributed by atoms with E-state index in [-0.39, 0.29) is 156 Å². The SMILES string of the molecule is CCCCOCCn1ccc(C(=O)NCCN(CCNC(=O)c2ccn(CCOCCCC)c(=O)c2OCCCC)CC(Cc2ccc(N)cc2)CN(CCNC(=O)c2ccn(CCOCCCC)c(=O)c2OCCCC)CCNC(=O)c2ccn(CCOCCCC)c(=O)c2OCCCC)c(OCCCC)c1=O. The predicted octanol–water partition coefficient (Wildman–Crippen LogP) is 9.38. The molecule has 27 heteroatoms. The second-order valence-electron chi connectivity index (χ2n) is 27.3. The van der Waals surface area contributed by atoms with Crippen molar-refractivity contribution in [2.75, 3.05) is 150 Å². The predicted molar refractivity (Wildman–Crippen MR) is 428 cm³/mol. The highest BCUT2D eigenvalue weighted by atomic mass is 16.5. The van der Waals surface area contributed by atoms with Gasteiger partial charge in [0.05, 0.1) is 75.1 Å². The van der Waals surface area contributed by atoms with Crippen LogP contribution in [0.2, 0.25) is 0 Å². The number of rotatable bonds is 62. The first kappa shape index (κ1) is 91.3. The molecule has 27 nitrogen and oxygen atoms in total. The molecule has 0 aliphatic heterocycles. The lowest BCUT2D eigenvalue weighted by Crippen LogP contribution is -2.46.